The van der Waals surface area contributed by atoms with Crippen molar-refractivity contribution in [3.8, 4) is 0 Å². The Morgan fingerprint density at radius 2 is 1.97 bits per heavy atom. The number of aromatic nitrogens is 2. The van der Waals surface area contributed by atoms with E-state index in [2.05, 4.69) is 55.7 Å². The first kappa shape index (κ1) is 23.5. The lowest BCUT2D eigenvalue weighted by atomic mass is 9.98. The Hall–Kier alpha value is -3.19. The molecule has 1 saturated carbocycles. The Labute approximate surface area is 212 Å². The first-order valence-electron chi connectivity index (χ1n) is 12.5. The first-order valence-corrected chi connectivity index (χ1v) is 12.9. The number of anilines is 2. The number of hydrogen-bond donors (Lipinski definition) is 2. The fourth-order valence-corrected chi connectivity index (χ4v) is 5.57. The lowest BCUT2D eigenvalue weighted by molar-refractivity contribution is -0.118. The van der Waals surface area contributed by atoms with Crippen molar-refractivity contribution in [1.29, 1.82) is 0 Å². The van der Waals surface area contributed by atoms with E-state index in [1.54, 1.807) is 0 Å². The van der Waals surface area contributed by atoms with Crippen LogP contribution in [0.25, 0.3) is 0 Å². The highest BCUT2D eigenvalue weighted by molar-refractivity contribution is 7.80. The third-order valence-electron chi connectivity index (χ3n) is 7.19. The van der Waals surface area contributed by atoms with Gasteiger partial charge in [-0.25, -0.2) is 0 Å². The molecule has 1 amide bonds. The fraction of sp³-hybridized carbons (Fsp3) is 0.393. The Kier molecular flexibility index (Phi) is 6.60. The standard InChI is InChI=1S/C28H33N5OS/c1-18(2)27(34)30-23-12-11-22(16-19(23)3)33-26(20-13-15-32(17-20)21-8-4-5-9-21)25(31-28(33)35)24-10-6-7-14-29-24/h6-7,10-18,21,25-26H,4-5,8-9H2,1-3H3,(H,30,34)(H,31,35). The number of aryl methyl sites for hydroxylation is 1. The Balaban J connectivity index is 1.52. The molecule has 1 aliphatic carbocycles. The second kappa shape index (κ2) is 9.82. The summed E-state index contributed by atoms with van der Waals surface area (Å²) in [5.74, 6) is -0.0580. The molecule has 2 fully saturated rings. The highest BCUT2D eigenvalue weighted by Crippen LogP contribution is 2.43. The van der Waals surface area contributed by atoms with Gasteiger partial charge in [0.05, 0.1) is 17.8 Å². The topological polar surface area (TPSA) is 62.2 Å². The van der Waals surface area contributed by atoms with E-state index in [1.165, 1.54) is 31.2 Å². The van der Waals surface area contributed by atoms with Gasteiger partial charge in [-0.1, -0.05) is 32.8 Å². The molecule has 2 aromatic heterocycles. The largest absolute Gasteiger partial charge is 0.351 e. The van der Waals surface area contributed by atoms with Crippen LogP contribution in [0.15, 0.2) is 61.1 Å². The summed E-state index contributed by atoms with van der Waals surface area (Å²) in [6, 6.07) is 14.8. The zero-order valence-corrected chi connectivity index (χ0v) is 21.4. The van der Waals surface area contributed by atoms with Gasteiger partial charge in [-0.2, -0.15) is 0 Å². The third kappa shape index (κ3) is 4.69. The van der Waals surface area contributed by atoms with Crippen LogP contribution >= 0.6 is 12.2 Å². The molecule has 3 aromatic rings. The number of benzene rings is 1. The van der Waals surface area contributed by atoms with Gasteiger partial charge in [0.15, 0.2) is 5.11 Å². The number of hydrogen-bond acceptors (Lipinski definition) is 3. The molecular formula is C28H33N5OS. The van der Waals surface area contributed by atoms with Crippen molar-refractivity contribution in [3.05, 3.63) is 77.9 Å². The second-order valence-corrected chi connectivity index (χ2v) is 10.4. The molecule has 0 radical (unpaired) electrons. The van der Waals surface area contributed by atoms with E-state index >= 15 is 0 Å². The summed E-state index contributed by atoms with van der Waals surface area (Å²) >= 11 is 5.88. The highest BCUT2D eigenvalue weighted by Gasteiger charge is 2.41. The van der Waals surface area contributed by atoms with Crippen LogP contribution in [0, 0.1) is 12.8 Å². The van der Waals surface area contributed by atoms with Gasteiger partial charge in [-0.15, -0.1) is 0 Å². The van der Waals surface area contributed by atoms with Gasteiger partial charge in [-0.3, -0.25) is 9.78 Å². The van der Waals surface area contributed by atoms with Gasteiger partial charge >= 0.3 is 0 Å². The number of nitrogens with one attached hydrogen (secondary N) is 2. The molecule has 1 aliphatic heterocycles. The predicted molar refractivity (Wildman–Crippen MR) is 145 cm³/mol. The zero-order valence-electron chi connectivity index (χ0n) is 20.6. The summed E-state index contributed by atoms with van der Waals surface area (Å²) in [4.78, 5) is 19.1. The molecule has 6 nitrogen and oxygen atoms in total. The van der Waals surface area contributed by atoms with Crippen LogP contribution in [0.3, 0.4) is 0 Å². The minimum atomic E-state index is -0.0724. The molecule has 0 spiro atoms. The second-order valence-electron chi connectivity index (χ2n) is 9.97. The molecule has 35 heavy (non-hydrogen) atoms. The molecule has 7 heteroatoms. The molecule has 1 aromatic carbocycles. The third-order valence-corrected chi connectivity index (χ3v) is 7.51. The molecule has 2 atom stereocenters. The van der Waals surface area contributed by atoms with E-state index in [-0.39, 0.29) is 23.9 Å². The average molecular weight is 488 g/mol. The number of carbonyl (C=O) groups excluding carboxylic acids is 1. The highest BCUT2D eigenvalue weighted by atomic mass is 32.1. The number of rotatable bonds is 6. The molecular weight excluding hydrogens is 454 g/mol. The molecule has 2 N–H and O–H groups in total. The van der Waals surface area contributed by atoms with Gasteiger partial charge in [0, 0.05) is 41.9 Å². The summed E-state index contributed by atoms with van der Waals surface area (Å²) in [6.07, 6.45) is 11.4. The predicted octanol–water partition coefficient (Wildman–Crippen LogP) is 6.08. The van der Waals surface area contributed by atoms with Crippen molar-refractivity contribution in [1.82, 2.24) is 14.9 Å². The number of pyridine rings is 1. The fourth-order valence-electron chi connectivity index (χ4n) is 5.22. The summed E-state index contributed by atoms with van der Waals surface area (Å²) in [5.41, 5.74) is 5.02. The number of nitrogens with zero attached hydrogens (tertiary/aromatic N) is 3. The van der Waals surface area contributed by atoms with Gasteiger partial charge in [0.25, 0.3) is 0 Å². The lowest BCUT2D eigenvalue weighted by Crippen LogP contribution is -2.29. The normalized spacial score (nSPS) is 20.5. The minimum Gasteiger partial charge on any atom is -0.351 e. The summed E-state index contributed by atoms with van der Waals surface area (Å²) in [6.45, 7) is 5.81. The van der Waals surface area contributed by atoms with E-state index < -0.39 is 0 Å². The Bertz CT molecular complexity index is 1220. The van der Waals surface area contributed by atoms with E-state index in [1.807, 2.05) is 51.2 Å². The van der Waals surface area contributed by atoms with Crippen LogP contribution in [-0.4, -0.2) is 20.6 Å². The van der Waals surface area contributed by atoms with E-state index in [0.29, 0.717) is 11.2 Å². The van der Waals surface area contributed by atoms with Crippen molar-refractivity contribution in [3.63, 3.8) is 0 Å². The van der Waals surface area contributed by atoms with Gasteiger partial charge in [-0.05, 0) is 79.5 Å². The molecule has 3 heterocycles. The van der Waals surface area contributed by atoms with Gasteiger partial charge in [0.1, 0.15) is 0 Å². The van der Waals surface area contributed by atoms with Crippen molar-refractivity contribution in [2.45, 2.75) is 64.6 Å². The van der Waals surface area contributed by atoms with Crippen LogP contribution in [0.2, 0.25) is 0 Å². The molecule has 2 unspecified atom stereocenters. The lowest BCUT2D eigenvalue weighted by Gasteiger charge is -2.28. The molecule has 0 bridgehead atoms. The van der Waals surface area contributed by atoms with Crippen LogP contribution in [0.5, 0.6) is 0 Å². The number of amides is 1. The Morgan fingerprint density at radius 3 is 2.66 bits per heavy atom. The van der Waals surface area contributed by atoms with Crippen molar-refractivity contribution < 1.29 is 4.79 Å². The van der Waals surface area contributed by atoms with E-state index in [0.717, 1.165) is 22.6 Å². The van der Waals surface area contributed by atoms with Gasteiger partial charge < -0.3 is 20.1 Å². The first-order chi connectivity index (χ1) is 16.9. The number of thiocarbonyl (C=S) groups is 1. The minimum absolute atomic E-state index is 0.0144. The molecule has 1 saturated heterocycles. The molecule has 2 aliphatic rings. The summed E-state index contributed by atoms with van der Waals surface area (Å²) < 4.78 is 2.38. The quantitative estimate of drug-likeness (QED) is 0.413. The maximum Gasteiger partial charge on any atom is 0.226 e. The monoisotopic (exact) mass is 487 g/mol. The van der Waals surface area contributed by atoms with Crippen LogP contribution < -0.4 is 15.5 Å². The van der Waals surface area contributed by atoms with Crippen molar-refractivity contribution >= 4 is 34.6 Å². The van der Waals surface area contributed by atoms with E-state index in [4.69, 9.17) is 12.2 Å². The maximum absolute atomic E-state index is 12.2. The van der Waals surface area contributed by atoms with E-state index in [9.17, 15) is 4.79 Å². The SMILES string of the molecule is Cc1cc(N2C(=S)NC(c3ccccn3)C2c2ccn(C3CCCC3)c2)ccc1NC(=O)C(C)C. The van der Waals surface area contributed by atoms with Crippen LogP contribution in [0.4, 0.5) is 11.4 Å². The van der Waals surface area contributed by atoms with Crippen LogP contribution in [0.1, 0.15) is 74.5 Å². The Morgan fingerprint density at radius 1 is 1.17 bits per heavy atom. The van der Waals surface area contributed by atoms with Crippen molar-refractivity contribution in [2.75, 3.05) is 10.2 Å². The van der Waals surface area contributed by atoms with Gasteiger partial charge in [0.2, 0.25) is 5.91 Å². The summed E-state index contributed by atoms with van der Waals surface area (Å²) in [7, 11) is 0. The van der Waals surface area contributed by atoms with Crippen LogP contribution in [-0.2, 0) is 4.79 Å². The maximum atomic E-state index is 12.2. The number of carbonyl (C=O) groups is 1. The average Bonchev–Trinajstić information content (AvgIpc) is 3.60. The van der Waals surface area contributed by atoms with Crippen molar-refractivity contribution in [2.24, 2.45) is 5.92 Å². The summed E-state index contributed by atoms with van der Waals surface area (Å²) in [5, 5.41) is 7.25. The molecule has 5 rings (SSSR count). The zero-order chi connectivity index (χ0) is 24.5. The molecule has 182 valence electrons. The smallest absolute Gasteiger partial charge is 0.226 e.